The van der Waals surface area contributed by atoms with Crippen LogP contribution in [0.3, 0.4) is 0 Å². The smallest absolute Gasteiger partial charge is 0.224 e. The molecule has 0 spiro atoms. The molecule has 1 aromatic carbocycles. The van der Waals surface area contributed by atoms with Gasteiger partial charge in [0, 0.05) is 41.4 Å². The molecule has 9 nitrogen and oxygen atoms in total. The number of hydrogen-bond donors (Lipinski definition) is 3. The van der Waals surface area contributed by atoms with E-state index in [9.17, 15) is 9.59 Å². The number of carbonyl (C=O) groups excluding carboxylic acids is 2. The van der Waals surface area contributed by atoms with E-state index < -0.39 is 5.82 Å². The molecule has 0 unspecified atom stereocenters. The third-order valence-electron chi connectivity index (χ3n) is 6.12. The Bertz CT molecular complexity index is 1870. The van der Waals surface area contributed by atoms with Gasteiger partial charge in [-0.2, -0.15) is 5.10 Å². The Morgan fingerprint density at radius 2 is 1.95 bits per heavy atom. The Balaban J connectivity index is 1.44. The number of anilines is 1. The summed E-state index contributed by atoms with van der Waals surface area (Å²) in [7, 11) is 0. The van der Waals surface area contributed by atoms with Gasteiger partial charge in [0.15, 0.2) is 11.6 Å². The number of carbonyl (C=O) groups is 2. The first kappa shape index (κ1) is 23.6. The lowest BCUT2D eigenvalue weighted by atomic mass is 10.0. The van der Waals surface area contributed by atoms with Crippen LogP contribution in [0.2, 0.25) is 0 Å². The van der Waals surface area contributed by atoms with E-state index in [1.54, 1.807) is 37.5 Å². The number of nitrogens with zero attached hydrogens (tertiary/aromatic N) is 4. The number of imidazole rings is 1. The number of nitrogens with one attached hydrogen (secondary N) is 3. The zero-order valence-corrected chi connectivity index (χ0v) is 21.1. The molecule has 6 aromatic rings. The topological polar surface area (TPSA) is 129 Å². The second kappa shape index (κ2) is 9.27. The molecule has 5 heterocycles. The average Bonchev–Trinajstić information content (AvgIpc) is 3.65. The van der Waals surface area contributed by atoms with Crippen LogP contribution in [-0.2, 0) is 4.79 Å². The highest BCUT2D eigenvalue weighted by Crippen LogP contribution is 2.35. The number of hydrogen-bond acceptors (Lipinski definition) is 7. The molecule has 11 heteroatoms. The number of halogens is 1. The summed E-state index contributed by atoms with van der Waals surface area (Å²) >= 11 is 1.36. The number of fused-ring (bicyclic) bond motifs is 2. The molecular formula is C27H20FN7O2S. The van der Waals surface area contributed by atoms with Crippen molar-refractivity contribution in [1.82, 2.24) is 30.1 Å². The molecule has 38 heavy (non-hydrogen) atoms. The summed E-state index contributed by atoms with van der Waals surface area (Å²) in [5.41, 5.74) is 4.39. The van der Waals surface area contributed by atoms with Gasteiger partial charge in [0.1, 0.15) is 22.7 Å². The monoisotopic (exact) mass is 525 g/mol. The molecule has 0 atom stereocenters. The van der Waals surface area contributed by atoms with Gasteiger partial charge in [0.2, 0.25) is 5.91 Å². The van der Waals surface area contributed by atoms with E-state index in [1.165, 1.54) is 30.5 Å². The van der Waals surface area contributed by atoms with Crippen LogP contribution in [0.5, 0.6) is 0 Å². The van der Waals surface area contributed by atoms with Crippen LogP contribution in [0.4, 0.5) is 10.1 Å². The van der Waals surface area contributed by atoms with Gasteiger partial charge in [0.25, 0.3) is 0 Å². The largest absolute Gasteiger partial charge is 0.336 e. The molecule has 5 aromatic heterocycles. The summed E-state index contributed by atoms with van der Waals surface area (Å²) in [5, 5.41) is 10.7. The Kier molecular flexibility index (Phi) is 5.76. The van der Waals surface area contributed by atoms with Crippen LogP contribution in [0.1, 0.15) is 29.9 Å². The molecule has 0 aliphatic rings. The van der Waals surface area contributed by atoms with Crippen molar-refractivity contribution < 1.29 is 14.0 Å². The molecule has 0 fully saturated rings. The molecule has 0 bridgehead atoms. The van der Waals surface area contributed by atoms with Gasteiger partial charge in [-0.15, -0.1) is 11.3 Å². The highest BCUT2D eigenvalue weighted by atomic mass is 32.1. The summed E-state index contributed by atoms with van der Waals surface area (Å²) in [6.45, 7) is 3.28. The number of thiophene rings is 1. The van der Waals surface area contributed by atoms with Gasteiger partial charge >= 0.3 is 0 Å². The first-order valence-corrected chi connectivity index (χ1v) is 12.6. The number of aromatic amines is 2. The van der Waals surface area contributed by atoms with Crippen molar-refractivity contribution in [3.63, 3.8) is 0 Å². The van der Waals surface area contributed by atoms with Crippen molar-refractivity contribution in [2.24, 2.45) is 0 Å². The molecule has 3 N–H and O–H groups in total. The number of pyridine rings is 2. The maximum absolute atomic E-state index is 15.1. The molecule has 6 rings (SSSR count). The predicted octanol–water partition coefficient (Wildman–Crippen LogP) is 5.98. The quantitative estimate of drug-likeness (QED) is 0.229. The normalized spacial score (nSPS) is 11.3. The van der Waals surface area contributed by atoms with Gasteiger partial charge in [-0.05, 0) is 37.3 Å². The fraction of sp³-hybridized carbons (Fsp3) is 0.111. The summed E-state index contributed by atoms with van der Waals surface area (Å²) < 4.78 is 15.1. The van der Waals surface area contributed by atoms with E-state index in [-0.39, 0.29) is 11.7 Å². The van der Waals surface area contributed by atoms with Crippen molar-refractivity contribution in [1.29, 1.82) is 0 Å². The van der Waals surface area contributed by atoms with Crippen molar-refractivity contribution in [2.45, 2.75) is 20.3 Å². The van der Waals surface area contributed by atoms with Crippen LogP contribution in [0.25, 0.3) is 55.2 Å². The minimum Gasteiger partial charge on any atom is -0.336 e. The van der Waals surface area contributed by atoms with E-state index in [2.05, 4.69) is 30.5 Å². The molecule has 0 saturated heterocycles. The molecule has 0 aliphatic carbocycles. The van der Waals surface area contributed by atoms with Gasteiger partial charge in [0.05, 0.1) is 32.7 Å². The number of aromatic nitrogens is 6. The van der Waals surface area contributed by atoms with Crippen LogP contribution >= 0.6 is 11.3 Å². The molecule has 1 amide bonds. The van der Waals surface area contributed by atoms with Gasteiger partial charge < -0.3 is 10.3 Å². The van der Waals surface area contributed by atoms with E-state index in [1.807, 2.05) is 12.1 Å². The average molecular weight is 526 g/mol. The molecule has 0 radical (unpaired) electrons. The fourth-order valence-corrected chi connectivity index (χ4v) is 5.13. The van der Waals surface area contributed by atoms with Crippen molar-refractivity contribution >= 4 is 50.7 Å². The lowest BCUT2D eigenvalue weighted by molar-refractivity contribution is -0.115. The Hall–Kier alpha value is -4.77. The zero-order valence-electron chi connectivity index (χ0n) is 20.3. The van der Waals surface area contributed by atoms with E-state index in [0.29, 0.717) is 61.7 Å². The number of Topliss-reactive ketones (excluding diaryl/α,β-unsaturated/α-hetero) is 1. The number of rotatable bonds is 6. The zero-order chi connectivity index (χ0) is 26.4. The standard InChI is InChI=1S/C27H20FN7O2S/c1-3-23(37)31-15-8-14(11-29-12-15)16-9-17-20(10-18(16)28)34-35-24(17)27-32-19-6-7-30-26(25(19)33-27)22-5-4-21(38-22)13(2)36/h4-12H,3H2,1-2H3,(H,31,37)(H,32,33)(H,34,35). The molecular weight excluding hydrogens is 505 g/mol. The second-order valence-corrected chi connectivity index (χ2v) is 9.76. The summed E-state index contributed by atoms with van der Waals surface area (Å²) in [6.07, 6.45) is 5.06. The van der Waals surface area contributed by atoms with Crippen LogP contribution in [0, 0.1) is 5.82 Å². The molecule has 0 aliphatic heterocycles. The number of ketones is 1. The Morgan fingerprint density at radius 1 is 1.08 bits per heavy atom. The van der Waals surface area contributed by atoms with Crippen LogP contribution < -0.4 is 5.32 Å². The number of benzene rings is 1. The van der Waals surface area contributed by atoms with Crippen LogP contribution in [0.15, 0.2) is 55.0 Å². The third-order valence-corrected chi connectivity index (χ3v) is 7.31. The van der Waals surface area contributed by atoms with Crippen molar-refractivity contribution in [3.8, 4) is 33.2 Å². The first-order valence-electron chi connectivity index (χ1n) is 11.8. The van der Waals surface area contributed by atoms with E-state index >= 15 is 4.39 Å². The highest BCUT2D eigenvalue weighted by molar-refractivity contribution is 7.17. The van der Waals surface area contributed by atoms with Gasteiger partial charge in [-0.1, -0.05) is 6.92 Å². The van der Waals surface area contributed by atoms with Gasteiger partial charge in [-0.25, -0.2) is 9.37 Å². The van der Waals surface area contributed by atoms with Crippen LogP contribution in [-0.4, -0.2) is 41.8 Å². The van der Waals surface area contributed by atoms with Crippen molar-refractivity contribution in [2.75, 3.05) is 5.32 Å². The predicted molar refractivity (Wildman–Crippen MR) is 144 cm³/mol. The summed E-state index contributed by atoms with van der Waals surface area (Å²) in [6, 6.07) is 10.2. The fourth-order valence-electron chi connectivity index (χ4n) is 4.23. The number of amides is 1. The van der Waals surface area contributed by atoms with E-state index in [4.69, 9.17) is 4.98 Å². The lowest BCUT2D eigenvalue weighted by Crippen LogP contribution is -2.09. The highest BCUT2D eigenvalue weighted by Gasteiger charge is 2.19. The maximum Gasteiger partial charge on any atom is 0.224 e. The molecule has 0 saturated carbocycles. The minimum absolute atomic E-state index is 0.00403. The first-order chi connectivity index (χ1) is 18.4. The lowest BCUT2D eigenvalue weighted by Gasteiger charge is -2.08. The Labute approximate surface area is 219 Å². The second-order valence-electron chi connectivity index (χ2n) is 8.68. The van der Waals surface area contributed by atoms with Crippen molar-refractivity contribution in [3.05, 3.63) is 65.7 Å². The third kappa shape index (κ3) is 4.12. The summed E-state index contributed by atoms with van der Waals surface area (Å²) in [4.78, 5) is 41.8. The molecule has 188 valence electrons. The maximum atomic E-state index is 15.1. The number of H-pyrrole nitrogens is 2. The minimum atomic E-state index is -0.455. The van der Waals surface area contributed by atoms with Gasteiger partial charge in [-0.3, -0.25) is 24.7 Å². The van der Waals surface area contributed by atoms with E-state index in [0.717, 1.165) is 10.4 Å². The summed E-state index contributed by atoms with van der Waals surface area (Å²) in [5.74, 6) is -0.126. The SMILES string of the molecule is CCC(=O)Nc1cncc(-c2cc3c(-c4nc5c(-c6ccc(C(C)=O)s6)nccc5[nH]4)n[nH]c3cc2F)c1. The Morgan fingerprint density at radius 3 is 2.74 bits per heavy atom.